The lowest BCUT2D eigenvalue weighted by molar-refractivity contribution is -0.140. The molecule has 7 nitrogen and oxygen atoms in total. The zero-order valence-corrected chi connectivity index (χ0v) is 13.9. The topological polar surface area (TPSA) is 80.1 Å². The molecular formula is C17H21N5O2. The number of benzene rings is 1. The highest BCUT2D eigenvalue weighted by atomic mass is 16.2. The number of aryl methyl sites for hydroxylation is 1. The van der Waals surface area contributed by atoms with Gasteiger partial charge in [0.1, 0.15) is 12.4 Å². The average molecular weight is 327 g/mol. The Balaban J connectivity index is 1.74. The Morgan fingerprint density at radius 3 is 2.75 bits per heavy atom. The average Bonchev–Trinajstić information content (AvgIpc) is 3.06. The van der Waals surface area contributed by atoms with E-state index in [0.717, 1.165) is 17.7 Å². The van der Waals surface area contributed by atoms with Crippen LogP contribution < -0.4 is 5.32 Å². The van der Waals surface area contributed by atoms with Gasteiger partial charge in [0.15, 0.2) is 5.82 Å². The van der Waals surface area contributed by atoms with E-state index in [2.05, 4.69) is 15.5 Å². The van der Waals surface area contributed by atoms with E-state index in [-0.39, 0.29) is 11.8 Å². The number of hydrogen-bond donors (Lipinski definition) is 1. The summed E-state index contributed by atoms with van der Waals surface area (Å²) in [6.07, 6.45) is 2.17. The van der Waals surface area contributed by atoms with Crippen molar-refractivity contribution in [2.75, 3.05) is 0 Å². The highest BCUT2D eigenvalue weighted by Crippen LogP contribution is 2.23. The third kappa shape index (κ3) is 3.15. The first-order chi connectivity index (χ1) is 11.6. The molecule has 0 fully saturated rings. The molecule has 126 valence electrons. The van der Waals surface area contributed by atoms with Gasteiger partial charge in [-0.05, 0) is 18.1 Å². The fraction of sp³-hybridized carbons (Fsp3) is 0.412. The van der Waals surface area contributed by atoms with Crippen LogP contribution in [0.1, 0.15) is 30.8 Å². The van der Waals surface area contributed by atoms with Crippen LogP contribution in [-0.4, -0.2) is 37.5 Å². The monoisotopic (exact) mass is 327 g/mol. The van der Waals surface area contributed by atoms with Gasteiger partial charge in [0.25, 0.3) is 0 Å². The van der Waals surface area contributed by atoms with Crippen molar-refractivity contribution in [2.24, 2.45) is 0 Å². The number of hydrogen-bond acceptors (Lipinski definition) is 4. The largest absolute Gasteiger partial charge is 0.347 e. The second-order valence-corrected chi connectivity index (χ2v) is 5.89. The maximum absolute atomic E-state index is 12.7. The van der Waals surface area contributed by atoms with E-state index in [0.29, 0.717) is 25.3 Å². The standard InChI is InChI=1S/C17H21N5O2/c1-3-21-11-19-20-16(21)9-18-17(24)15-8-13-6-4-5-7-14(13)10-22(15)12(2)23/h4-7,11,15H,3,8-10H2,1-2H3,(H,18,24)/t15-/m0/s1. The zero-order valence-electron chi connectivity index (χ0n) is 13.9. The summed E-state index contributed by atoms with van der Waals surface area (Å²) in [4.78, 5) is 26.3. The van der Waals surface area contributed by atoms with Crippen LogP contribution in [0.25, 0.3) is 0 Å². The predicted molar refractivity (Wildman–Crippen MR) is 87.7 cm³/mol. The first kappa shape index (κ1) is 16.2. The van der Waals surface area contributed by atoms with Crippen molar-refractivity contribution in [3.05, 3.63) is 47.5 Å². The second kappa shape index (κ2) is 6.82. The number of aromatic nitrogens is 3. The highest BCUT2D eigenvalue weighted by Gasteiger charge is 2.32. The van der Waals surface area contributed by atoms with Gasteiger partial charge in [-0.25, -0.2) is 0 Å². The maximum Gasteiger partial charge on any atom is 0.243 e. The fourth-order valence-corrected chi connectivity index (χ4v) is 3.05. The lowest BCUT2D eigenvalue weighted by Crippen LogP contribution is -2.51. The quantitative estimate of drug-likeness (QED) is 0.904. The van der Waals surface area contributed by atoms with Crippen molar-refractivity contribution < 1.29 is 9.59 Å². The molecule has 1 aliphatic heterocycles. The molecule has 1 aromatic carbocycles. The molecule has 0 spiro atoms. The van der Waals surface area contributed by atoms with Crippen LogP contribution in [0.2, 0.25) is 0 Å². The summed E-state index contributed by atoms with van der Waals surface area (Å²) < 4.78 is 1.87. The summed E-state index contributed by atoms with van der Waals surface area (Å²) in [6.45, 7) is 5.01. The summed E-state index contributed by atoms with van der Waals surface area (Å²) in [5, 5.41) is 10.8. The highest BCUT2D eigenvalue weighted by molar-refractivity contribution is 5.87. The summed E-state index contributed by atoms with van der Waals surface area (Å²) in [5.74, 6) is 0.447. The summed E-state index contributed by atoms with van der Waals surface area (Å²) in [7, 11) is 0. The van der Waals surface area contributed by atoms with Gasteiger partial charge in [0, 0.05) is 26.4 Å². The smallest absolute Gasteiger partial charge is 0.243 e. The number of nitrogens with one attached hydrogen (secondary N) is 1. The molecule has 1 atom stereocenters. The molecule has 0 aliphatic carbocycles. The van der Waals surface area contributed by atoms with E-state index in [4.69, 9.17) is 0 Å². The Bertz CT molecular complexity index is 755. The molecule has 0 radical (unpaired) electrons. The van der Waals surface area contributed by atoms with Crippen molar-refractivity contribution in [1.82, 2.24) is 25.0 Å². The molecular weight excluding hydrogens is 306 g/mol. The molecule has 0 saturated carbocycles. The number of nitrogens with zero attached hydrogens (tertiary/aromatic N) is 4. The van der Waals surface area contributed by atoms with Gasteiger partial charge in [0.2, 0.25) is 11.8 Å². The molecule has 1 aliphatic rings. The molecule has 0 bridgehead atoms. The predicted octanol–water partition coefficient (Wildman–Crippen LogP) is 0.888. The second-order valence-electron chi connectivity index (χ2n) is 5.89. The zero-order chi connectivity index (χ0) is 17.1. The van der Waals surface area contributed by atoms with Crippen LogP contribution in [0.3, 0.4) is 0 Å². The molecule has 7 heteroatoms. The van der Waals surface area contributed by atoms with E-state index in [1.807, 2.05) is 35.8 Å². The van der Waals surface area contributed by atoms with Gasteiger partial charge in [-0.3, -0.25) is 9.59 Å². The van der Waals surface area contributed by atoms with Crippen molar-refractivity contribution in [2.45, 2.75) is 45.9 Å². The normalized spacial score (nSPS) is 16.6. The summed E-state index contributed by atoms with van der Waals surface area (Å²) in [6, 6.07) is 7.44. The Kier molecular flexibility index (Phi) is 4.59. The minimum absolute atomic E-state index is 0.0959. The summed E-state index contributed by atoms with van der Waals surface area (Å²) in [5.41, 5.74) is 2.22. The Morgan fingerprint density at radius 1 is 1.29 bits per heavy atom. The van der Waals surface area contributed by atoms with Crippen LogP contribution in [-0.2, 0) is 35.6 Å². The molecule has 2 amide bonds. The Hall–Kier alpha value is -2.70. The van der Waals surface area contributed by atoms with Crippen LogP contribution in [0.5, 0.6) is 0 Å². The summed E-state index contributed by atoms with van der Waals surface area (Å²) >= 11 is 0. The van der Waals surface area contributed by atoms with E-state index in [9.17, 15) is 9.59 Å². The van der Waals surface area contributed by atoms with E-state index >= 15 is 0 Å². The first-order valence-electron chi connectivity index (χ1n) is 8.08. The van der Waals surface area contributed by atoms with Gasteiger partial charge in [-0.15, -0.1) is 10.2 Å². The van der Waals surface area contributed by atoms with Gasteiger partial charge < -0.3 is 14.8 Å². The molecule has 3 rings (SSSR count). The Labute approximate surface area is 140 Å². The van der Waals surface area contributed by atoms with Crippen molar-refractivity contribution in [1.29, 1.82) is 0 Å². The lowest BCUT2D eigenvalue weighted by atomic mass is 9.93. The SMILES string of the molecule is CCn1cnnc1CNC(=O)[C@@H]1Cc2ccccc2CN1C(C)=O. The molecule has 0 saturated heterocycles. The third-order valence-electron chi connectivity index (χ3n) is 4.41. The van der Waals surface area contributed by atoms with Gasteiger partial charge in [0.05, 0.1) is 6.54 Å². The Morgan fingerprint density at radius 2 is 2.04 bits per heavy atom. The molecule has 0 unspecified atom stereocenters. The van der Waals surface area contributed by atoms with Crippen molar-refractivity contribution in [3.63, 3.8) is 0 Å². The van der Waals surface area contributed by atoms with E-state index < -0.39 is 6.04 Å². The molecule has 2 aromatic rings. The van der Waals surface area contributed by atoms with Gasteiger partial charge >= 0.3 is 0 Å². The minimum atomic E-state index is -0.490. The van der Waals surface area contributed by atoms with Gasteiger partial charge in [-0.2, -0.15) is 0 Å². The molecule has 24 heavy (non-hydrogen) atoms. The van der Waals surface area contributed by atoms with Crippen molar-refractivity contribution in [3.8, 4) is 0 Å². The van der Waals surface area contributed by atoms with Crippen LogP contribution in [0.4, 0.5) is 0 Å². The van der Waals surface area contributed by atoms with Crippen LogP contribution >= 0.6 is 0 Å². The molecule has 1 aromatic heterocycles. The maximum atomic E-state index is 12.7. The van der Waals surface area contributed by atoms with Crippen molar-refractivity contribution >= 4 is 11.8 Å². The lowest BCUT2D eigenvalue weighted by Gasteiger charge is -2.35. The van der Waals surface area contributed by atoms with Crippen LogP contribution in [0, 0.1) is 0 Å². The van der Waals surface area contributed by atoms with Gasteiger partial charge in [-0.1, -0.05) is 24.3 Å². The fourth-order valence-electron chi connectivity index (χ4n) is 3.05. The van der Waals surface area contributed by atoms with E-state index in [1.165, 1.54) is 6.92 Å². The number of fused-ring (bicyclic) bond motifs is 1. The number of rotatable bonds is 4. The number of amides is 2. The van der Waals surface area contributed by atoms with E-state index in [1.54, 1.807) is 11.2 Å². The first-order valence-corrected chi connectivity index (χ1v) is 8.08. The number of carbonyl (C=O) groups excluding carboxylic acids is 2. The van der Waals surface area contributed by atoms with Crippen LogP contribution in [0.15, 0.2) is 30.6 Å². The molecule has 1 N–H and O–H groups in total. The number of carbonyl (C=O) groups is 2. The minimum Gasteiger partial charge on any atom is -0.347 e. The molecule has 2 heterocycles. The third-order valence-corrected chi connectivity index (χ3v) is 4.41.